The number of aromatic hydroxyl groups is 1. The number of hydrogen-bond acceptors (Lipinski definition) is 5. The number of fused-ring (bicyclic) bond motifs is 4. The summed E-state index contributed by atoms with van der Waals surface area (Å²) in [5.74, 6) is -6.23. The summed E-state index contributed by atoms with van der Waals surface area (Å²) in [6, 6.07) is 31.1. The van der Waals surface area contributed by atoms with Gasteiger partial charge in [0.25, 0.3) is 0 Å². The fourth-order valence-corrected chi connectivity index (χ4v) is 8.78. The molecule has 2 fully saturated rings. The van der Waals surface area contributed by atoms with Crippen LogP contribution < -0.4 is 4.90 Å². The van der Waals surface area contributed by atoms with E-state index in [9.17, 15) is 24.3 Å². The first-order chi connectivity index (χ1) is 22.8. The number of ketones is 2. The number of para-hydroxylation sites is 1. The van der Waals surface area contributed by atoms with E-state index in [4.69, 9.17) is 0 Å². The number of nitrogens with zero attached hydrogens (tertiary/aromatic N) is 1. The van der Waals surface area contributed by atoms with Gasteiger partial charge in [-0.15, -0.1) is 0 Å². The summed E-state index contributed by atoms with van der Waals surface area (Å²) >= 11 is 0. The summed E-state index contributed by atoms with van der Waals surface area (Å²) in [7, 11) is 0. The number of hydrogen-bond donors (Lipinski definition) is 1. The molecule has 0 spiro atoms. The van der Waals surface area contributed by atoms with Gasteiger partial charge >= 0.3 is 0 Å². The van der Waals surface area contributed by atoms with Crippen molar-refractivity contribution in [3.63, 3.8) is 0 Å². The van der Waals surface area contributed by atoms with E-state index in [2.05, 4.69) is 0 Å². The molecule has 0 bridgehead atoms. The second-order valence-electron chi connectivity index (χ2n) is 12.8. The minimum atomic E-state index is -1.46. The van der Waals surface area contributed by atoms with Crippen LogP contribution in [-0.4, -0.2) is 28.5 Å². The van der Waals surface area contributed by atoms with Crippen LogP contribution in [0.2, 0.25) is 0 Å². The monoisotopic (exact) mass is 623 g/mol. The van der Waals surface area contributed by atoms with E-state index in [-0.39, 0.29) is 36.2 Å². The Morgan fingerprint density at radius 1 is 0.766 bits per heavy atom. The molecule has 1 N–H and O–H groups in total. The Bertz CT molecular complexity index is 2020. The van der Waals surface area contributed by atoms with Gasteiger partial charge in [0, 0.05) is 17.4 Å². The minimum absolute atomic E-state index is 0.162. The first kappa shape index (κ1) is 29.0. The molecule has 2 amide bonds. The second kappa shape index (κ2) is 10.8. The molecule has 0 radical (unpaired) electrons. The van der Waals surface area contributed by atoms with Gasteiger partial charge in [0.05, 0.1) is 22.9 Å². The van der Waals surface area contributed by atoms with Crippen molar-refractivity contribution in [2.75, 3.05) is 4.90 Å². The lowest BCUT2D eigenvalue weighted by molar-refractivity contribution is -0.135. The molecule has 1 saturated carbocycles. The zero-order chi connectivity index (χ0) is 32.4. The van der Waals surface area contributed by atoms with Crippen LogP contribution in [0.3, 0.4) is 0 Å². The van der Waals surface area contributed by atoms with E-state index in [1.54, 1.807) is 42.5 Å². The second-order valence-corrected chi connectivity index (χ2v) is 12.8. The minimum Gasteiger partial charge on any atom is -0.505 e. The Kier molecular flexibility index (Phi) is 6.69. The standard InChI is InChI=1S/C40H30FNO5/c41-32-20-24(16-19-33(32)43)36-27-17-18-28-35(39(47)42(38(28)46)26-14-8-3-9-15-26)30(27)21-31-37(45)29(23-10-4-1-5-11-23)22-34(44)40(31,36)25-12-6-2-7-13-25/h1-17,19-20,22,28,30-31,35-36,43H,18,21H2/t28-,30+,31-,35-,36-,40-/m0/s1. The molecule has 47 heavy (non-hydrogen) atoms. The highest BCUT2D eigenvalue weighted by molar-refractivity contribution is 6.32. The van der Waals surface area contributed by atoms with Crippen LogP contribution in [0.15, 0.2) is 127 Å². The van der Waals surface area contributed by atoms with Crippen LogP contribution >= 0.6 is 0 Å². The third-order valence-corrected chi connectivity index (χ3v) is 10.7. The molecule has 0 unspecified atom stereocenters. The van der Waals surface area contributed by atoms with Crippen molar-refractivity contribution in [1.29, 1.82) is 0 Å². The number of rotatable bonds is 4. The van der Waals surface area contributed by atoms with Crippen molar-refractivity contribution in [2.45, 2.75) is 24.2 Å². The molecule has 4 aromatic rings. The van der Waals surface area contributed by atoms with Gasteiger partial charge in [-0.05, 0) is 65.8 Å². The molecule has 0 aromatic heterocycles. The van der Waals surface area contributed by atoms with Gasteiger partial charge in [0.1, 0.15) is 0 Å². The lowest BCUT2D eigenvalue weighted by atomic mass is 9.44. The fraction of sp³-hybridized carbons (Fsp3) is 0.200. The molecule has 6 nitrogen and oxygen atoms in total. The van der Waals surface area contributed by atoms with Crippen molar-refractivity contribution >= 4 is 34.6 Å². The number of benzene rings is 4. The number of imide groups is 1. The lowest BCUT2D eigenvalue weighted by Gasteiger charge is -2.55. The fourth-order valence-electron chi connectivity index (χ4n) is 8.78. The summed E-state index contributed by atoms with van der Waals surface area (Å²) in [6.45, 7) is 0. The number of Topliss-reactive ketones (excluding diaryl/α,β-unsaturated/α-hetero) is 1. The molecular formula is C40H30FNO5. The van der Waals surface area contributed by atoms with Gasteiger partial charge in [0.2, 0.25) is 11.8 Å². The Morgan fingerprint density at radius 3 is 2.11 bits per heavy atom. The van der Waals surface area contributed by atoms with Crippen LogP contribution in [-0.2, 0) is 24.6 Å². The van der Waals surface area contributed by atoms with E-state index >= 15 is 4.39 Å². The van der Waals surface area contributed by atoms with Crippen molar-refractivity contribution < 1.29 is 28.7 Å². The highest BCUT2D eigenvalue weighted by Gasteiger charge is 2.66. The molecule has 8 rings (SSSR count). The number of phenolic OH excluding ortho intramolecular Hbond substituents is 1. The van der Waals surface area contributed by atoms with Crippen molar-refractivity contribution in [2.24, 2.45) is 23.7 Å². The molecule has 3 aliphatic carbocycles. The third kappa shape index (κ3) is 4.15. The normalized spacial score (nSPS) is 28.3. The average molecular weight is 624 g/mol. The highest BCUT2D eigenvalue weighted by atomic mass is 19.1. The maximum Gasteiger partial charge on any atom is 0.238 e. The number of phenols is 1. The quantitative estimate of drug-likeness (QED) is 0.205. The van der Waals surface area contributed by atoms with Gasteiger partial charge in [0.15, 0.2) is 23.1 Å². The molecule has 6 atom stereocenters. The molecule has 1 aliphatic heterocycles. The van der Waals surface area contributed by atoms with Crippen molar-refractivity contribution in [1.82, 2.24) is 0 Å². The Hall–Kier alpha value is -5.43. The number of halogens is 1. The maximum atomic E-state index is 15.2. The molecule has 4 aliphatic rings. The molecule has 4 aromatic carbocycles. The van der Waals surface area contributed by atoms with E-state index in [0.717, 1.165) is 5.57 Å². The smallest absolute Gasteiger partial charge is 0.238 e. The predicted octanol–water partition coefficient (Wildman–Crippen LogP) is 6.56. The van der Waals surface area contributed by atoms with E-state index in [0.29, 0.717) is 28.0 Å². The summed E-state index contributed by atoms with van der Waals surface area (Å²) in [6.07, 6.45) is 3.80. The first-order valence-corrected chi connectivity index (χ1v) is 15.8. The van der Waals surface area contributed by atoms with Gasteiger partial charge in [-0.25, -0.2) is 4.39 Å². The summed E-state index contributed by atoms with van der Waals surface area (Å²) in [5, 5.41) is 10.2. The van der Waals surface area contributed by atoms with Gasteiger partial charge in [-0.3, -0.25) is 24.1 Å². The third-order valence-electron chi connectivity index (χ3n) is 10.7. The topological polar surface area (TPSA) is 91.8 Å². The van der Waals surface area contributed by atoms with Crippen LogP contribution in [0.5, 0.6) is 5.75 Å². The van der Waals surface area contributed by atoms with Crippen LogP contribution in [0.25, 0.3) is 5.57 Å². The SMILES string of the molecule is O=C1C(c2ccccc2)=CC(=O)[C@@]2(c3ccccc3)[C@@H](c3ccc(O)c(F)c3)C3=CC[C@@H]4C(=O)N(c5ccccc5)C(=O)[C@@H]4[C@@H]3C[C@@H]12. The Balaban J connectivity index is 1.37. The maximum absolute atomic E-state index is 15.2. The zero-order valence-corrected chi connectivity index (χ0v) is 25.3. The Labute approximate surface area is 270 Å². The van der Waals surface area contributed by atoms with Gasteiger partial charge in [-0.1, -0.05) is 96.6 Å². The summed E-state index contributed by atoms with van der Waals surface area (Å²) < 4.78 is 15.2. The molecular weight excluding hydrogens is 593 g/mol. The largest absolute Gasteiger partial charge is 0.505 e. The van der Waals surface area contributed by atoms with E-state index < -0.39 is 46.6 Å². The summed E-state index contributed by atoms with van der Waals surface area (Å²) in [4.78, 5) is 59.2. The van der Waals surface area contributed by atoms with Crippen LogP contribution in [0.4, 0.5) is 10.1 Å². The number of allylic oxidation sites excluding steroid dienone is 4. The van der Waals surface area contributed by atoms with E-state index in [1.807, 2.05) is 60.7 Å². The predicted molar refractivity (Wildman–Crippen MR) is 174 cm³/mol. The Morgan fingerprint density at radius 2 is 1.43 bits per heavy atom. The van der Waals surface area contributed by atoms with Gasteiger partial charge < -0.3 is 5.11 Å². The number of carbonyl (C=O) groups excluding carboxylic acids is 4. The molecule has 1 saturated heterocycles. The van der Waals surface area contributed by atoms with Crippen molar-refractivity contribution in [3.05, 3.63) is 149 Å². The molecule has 1 heterocycles. The average Bonchev–Trinajstić information content (AvgIpc) is 3.36. The van der Waals surface area contributed by atoms with Gasteiger partial charge in [-0.2, -0.15) is 0 Å². The van der Waals surface area contributed by atoms with Crippen LogP contribution in [0, 0.1) is 29.5 Å². The highest BCUT2D eigenvalue weighted by Crippen LogP contribution is 2.63. The van der Waals surface area contributed by atoms with Crippen molar-refractivity contribution in [3.8, 4) is 5.75 Å². The lowest BCUT2D eigenvalue weighted by Crippen LogP contribution is -2.58. The number of anilines is 1. The first-order valence-electron chi connectivity index (χ1n) is 15.8. The van der Waals surface area contributed by atoms with Crippen LogP contribution in [0.1, 0.15) is 35.4 Å². The zero-order valence-electron chi connectivity index (χ0n) is 25.3. The number of carbonyl (C=O) groups is 4. The molecule has 7 heteroatoms. The molecule has 232 valence electrons. The number of amides is 2. The summed E-state index contributed by atoms with van der Waals surface area (Å²) in [5.41, 5.74) is 1.71. The van der Waals surface area contributed by atoms with E-state index in [1.165, 1.54) is 23.1 Å².